The van der Waals surface area contributed by atoms with Crippen LogP contribution in [0.15, 0.2) is 36.5 Å². The number of nitrogens with zero attached hydrogens (tertiary/aromatic N) is 3. The predicted octanol–water partition coefficient (Wildman–Crippen LogP) is 2.41. The lowest BCUT2D eigenvalue weighted by atomic mass is 10.2. The van der Waals surface area contributed by atoms with E-state index in [0.717, 1.165) is 12.3 Å². The molecule has 1 amide bonds. The summed E-state index contributed by atoms with van der Waals surface area (Å²) in [6.07, 6.45) is 4.27. The van der Waals surface area contributed by atoms with Crippen LogP contribution in [-0.2, 0) is 22.6 Å². The van der Waals surface area contributed by atoms with E-state index in [1.165, 1.54) is 18.4 Å². The zero-order chi connectivity index (χ0) is 17.9. The quantitative estimate of drug-likeness (QED) is 0.798. The van der Waals surface area contributed by atoms with Gasteiger partial charge in [0.05, 0.1) is 24.9 Å². The second-order valence-corrected chi connectivity index (χ2v) is 7.28. The normalized spacial score (nSPS) is 19.7. The molecule has 2 aromatic rings. The summed E-state index contributed by atoms with van der Waals surface area (Å²) >= 11 is 0. The molecular weight excluding hydrogens is 330 g/mol. The third-order valence-electron chi connectivity index (χ3n) is 4.96. The van der Waals surface area contributed by atoms with Gasteiger partial charge in [0.1, 0.15) is 5.75 Å². The first kappa shape index (κ1) is 17.1. The van der Waals surface area contributed by atoms with Gasteiger partial charge in [0.2, 0.25) is 0 Å². The number of benzene rings is 1. The Morgan fingerprint density at radius 1 is 1.19 bits per heavy atom. The molecule has 1 atom stereocenters. The first-order chi connectivity index (χ1) is 12.7. The zero-order valence-electron chi connectivity index (χ0n) is 15.1. The van der Waals surface area contributed by atoms with Gasteiger partial charge in [-0.05, 0) is 43.9 Å². The van der Waals surface area contributed by atoms with E-state index < -0.39 is 0 Å². The average molecular weight is 355 g/mol. The molecule has 0 radical (unpaired) electrons. The van der Waals surface area contributed by atoms with Crippen molar-refractivity contribution in [3.8, 4) is 5.75 Å². The molecule has 26 heavy (non-hydrogen) atoms. The van der Waals surface area contributed by atoms with Crippen molar-refractivity contribution < 1.29 is 14.3 Å². The molecule has 6 nitrogen and oxygen atoms in total. The predicted molar refractivity (Wildman–Crippen MR) is 96.8 cm³/mol. The number of ether oxygens (including phenoxy) is 2. The van der Waals surface area contributed by atoms with Gasteiger partial charge in [0.15, 0.2) is 6.61 Å². The minimum absolute atomic E-state index is 0.0275. The van der Waals surface area contributed by atoms with Gasteiger partial charge < -0.3 is 14.4 Å². The Balaban J connectivity index is 1.39. The third-order valence-corrected chi connectivity index (χ3v) is 4.96. The van der Waals surface area contributed by atoms with Gasteiger partial charge in [0, 0.05) is 19.3 Å². The van der Waals surface area contributed by atoms with E-state index in [0.29, 0.717) is 31.3 Å². The van der Waals surface area contributed by atoms with Crippen LogP contribution in [-0.4, -0.2) is 46.5 Å². The van der Waals surface area contributed by atoms with E-state index in [9.17, 15) is 4.79 Å². The lowest BCUT2D eigenvalue weighted by molar-refractivity contribution is -0.136. The molecule has 6 heteroatoms. The van der Waals surface area contributed by atoms with E-state index in [2.05, 4.69) is 5.10 Å². The van der Waals surface area contributed by atoms with Crippen LogP contribution < -0.4 is 4.74 Å². The van der Waals surface area contributed by atoms with Gasteiger partial charge in [-0.3, -0.25) is 9.48 Å². The molecule has 1 fully saturated rings. The summed E-state index contributed by atoms with van der Waals surface area (Å²) in [7, 11) is 0. The van der Waals surface area contributed by atoms with Gasteiger partial charge in [-0.1, -0.05) is 17.7 Å². The Bertz CT molecular complexity index is 752. The zero-order valence-corrected chi connectivity index (χ0v) is 15.1. The number of carbonyl (C=O) groups is 1. The van der Waals surface area contributed by atoms with Crippen LogP contribution >= 0.6 is 0 Å². The second kappa shape index (κ2) is 7.50. The van der Waals surface area contributed by atoms with Crippen molar-refractivity contribution in [1.29, 1.82) is 0 Å². The molecular formula is C20H25N3O3. The molecule has 0 bridgehead atoms. The van der Waals surface area contributed by atoms with Gasteiger partial charge in [-0.25, -0.2) is 0 Å². The smallest absolute Gasteiger partial charge is 0.260 e. The van der Waals surface area contributed by atoms with Gasteiger partial charge in [0.25, 0.3) is 5.91 Å². The minimum Gasteiger partial charge on any atom is -0.484 e. The highest BCUT2D eigenvalue weighted by Crippen LogP contribution is 2.29. The fourth-order valence-electron chi connectivity index (χ4n) is 3.14. The number of fused-ring (bicyclic) bond motifs is 1. The van der Waals surface area contributed by atoms with Crippen LogP contribution in [0.1, 0.15) is 24.1 Å². The molecule has 1 aromatic heterocycles. The summed E-state index contributed by atoms with van der Waals surface area (Å²) in [5.41, 5.74) is 2.20. The number of aromatic nitrogens is 2. The van der Waals surface area contributed by atoms with E-state index >= 15 is 0 Å². The van der Waals surface area contributed by atoms with Gasteiger partial charge >= 0.3 is 0 Å². The maximum Gasteiger partial charge on any atom is 0.260 e. The monoisotopic (exact) mass is 355 g/mol. The number of amides is 1. The Morgan fingerprint density at radius 3 is 2.77 bits per heavy atom. The van der Waals surface area contributed by atoms with Crippen molar-refractivity contribution in [2.45, 2.75) is 39.0 Å². The molecule has 0 saturated heterocycles. The number of hydrogen-bond donors (Lipinski definition) is 0. The summed E-state index contributed by atoms with van der Waals surface area (Å²) in [4.78, 5) is 14.6. The third kappa shape index (κ3) is 4.25. The summed E-state index contributed by atoms with van der Waals surface area (Å²) in [6.45, 7) is 4.65. The first-order valence-electron chi connectivity index (χ1n) is 9.27. The van der Waals surface area contributed by atoms with E-state index in [1.807, 2.05) is 46.8 Å². The summed E-state index contributed by atoms with van der Waals surface area (Å²) < 4.78 is 13.7. The molecule has 1 aliphatic heterocycles. The molecule has 2 heterocycles. The molecule has 1 aliphatic carbocycles. The van der Waals surface area contributed by atoms with Crippen LogP contribution in [0.4, 0.5) is 0 Å². The maximum absolute atomic E-state index is 12.7. The van der Waals surface area contributed by atoms with Gasteiger partial charge in [-0.2, -0.15) is 5.10 Å². The molecule has 1 aromatic carbocycles. The SMILES string of the molecule is Cc1ccc(OCC(=O)N2Cc3ccnn3CC(OCC3CC3)C2)cc1. The van der Waals surface area contributed by atoms with Crippen molar-refractivity contribution in [3.05, 3.63) is 47.8 Å². The van der Waals surface area contributed by atoms with Gasteiger partial charge in [-0.15, -0.1) is 0 Å². The highest BCUT2D eigenvalue weighted by molar-refractivity contribution is 5.77. The Kier molecular flexibility index (Phi) is 4.93. The highest BCUT2D eigenvalue weighted by Gasteiger charge is 2.28. The Hall–Kier alpha value is -2.34. The molecule has 1 saturated carbocycles. The average Bonchev–Trinajstić information content (AvgIpc) is 3.41. The van der Waals surface area contributed by atoms with Crippen LogP contribution in [0.3, 0.4) is 0 Å². The number of rotatable bonds is 6. The van der Waals surface area contributed by atoms with Crippen LogP contribution in [0.25, 0.3) is 0 Å². The summed E-state index contributed by atoms with van der Waals surface area (Å²) in [6, 6.07) is 9.70. The summed E-state index contributed by atoms with van der Waals surface area (Å²) in [5, 5.41) is 4.37. The number of hydrogen-bond acceptors (Lipinski definition) is 4. The van der Waals surface area contributed by atoms with Crippen molar-refractivity contribution in [1.82, 2.24) is 14.7 Å². The van der Waals surface area contributed by atoms with E-state index in [1.54, 1.807) is 6.20 Å². The fourth-order valence-corrected chi connectivity index (χ4v) is 3.14. The van der Waals surface area contributed by atoms with E-state index in [-0.39, 0.29) is 18.6 Å². The van der Waals surface area contributed by atoms with Crippen molar-refractivity contribution in [3.63, 3.8) is 0 Å². The molecule has 0 spiro atoms. The number of carbonyl (C=O) groups excluding carboxylic acids is 1. The standard InChI is InChI=1S/C20H25N3O3/c1-15-2-6-18(7-3-15)26-14-20(24)22-10-17-8-9-21-23(17)12-19(11-22)25-13-16-4-5-16/h2-3,6-9,16,19H,4-5,10-14H2,1H3. The lowest BCUT2D eigenvalue weighted by Crippen LogP contribution is -2.40. The van der Waals surface area contributed by atoms with Crippen LogP contribution in [0.5, 0.6) is 5.75 Å². The van der Waals surface area contributed by atoms with Crippen molar-refractivity contribution in [2.75, 3.05) is 19.8 Å². The Morgan fingerprint density at radius 2 is 2.00 bits per heavy atom. The number of aryl methyl sites for hydroxylation is 1. The highest BCUT2D eigenvalue weighted by atomic mass is 16.5. The largest absolute Gasteiger partial charge is 0.484 e. The van der Waals surface area contributed by atoms with E-state index in [4.69, 9.17) is 9.47 Å². The minimum atomic E-state index is -0.0277. The molecule has 4 rings (SSSR count). The van der Waals surface area contributed by atoms with Crippen molar-refractivity contribution in [2.24, 2.45) is 5.92 Å². The lowest BCUT2D eigenvalue weighted by Gasteiger charge is -2.24. The van der Waals surface area contributed by atoms with Crippen LogP contribution in [0.2, 0.25) is 0 Å². The Labute approximate surface area is 153 Å². The fraction of sp³-hybridized carbons (Fsp3) is 0.500. The summed E-state index contributed by atoms with van der Waals surface area (Å²) in [5.74, 6) is 1.38. The van der Waals surface area contributed by atoms with Crippen molar-refractivity contribution >= 4 is 5.91 Å². The topological polar surface area (TPSA) is 56.6 Å². The van der Waals surface area contributed by atoms with Crippen LogP contribution in [0, 0.1) is 12.8 Å². The second-order valence-electron chi connectivity index (χ2n) is 7.28. The molecule has 138 valence electrons. The molecule has 2 aliphatic rings. The maximum atomic E-state index is 12.7. The first-order valence-corrected chi connectivity index (χ1v) is 9.27. The molecule has 0 N–H and O–H groups in total. The molecule has 1 unspecified atom stereocenters.